The Bertz CT molecular complexity index is 1230. The number of aryl methyl sites for hydroxylation is 1. The Morgan fingerprint density at radius 1 is 1.09 bits per heavy atom. The van der Waals surface area contributed by atoms with Gasteiger partial charge >= 0.3 is 0 Å². The zero-order chi connectivity index (χ0) is 22.1. The molecule has 0 atom stereocenters. The van der Waals surface area contributed by atoms with E-state index >= 15 is 0 Å². The number of nitrogens with one attached hydrogen (secondary N) is 3. The van der Waals surface area contributed by atoms with Crippen molar-refractivity contribution in [3.05, 3.63) is 60.4 Å². The van der Waals surface area contributed by atoms with Gasteiger partial charge in [0.1, 0.15) is 0 Å². The van der Waals surface area contributed by atoms with E-state index < -0.39 is 0 Å². The van der Waals surface area contributed by atoms with Gasteiger partial charge in [-0.2, -0.15) is 5.10 Å². The van der Waals surface area contributed by atoms with Crippen molar-refractivity contribution in [3.63, 3.8) is 0 Å². The van der Waals surface area contributed by atoms with Crippen molar-refractivity contribution in [3.8, 4) is 11.3 Å². The predicted octanol–water partition coefficient (Wildman–Crippen LogP) is 3.72. The molecule has 0 aliphatic carbocycles. The second-order valence-corrected chi connectivity index (χ2v) is 8.45. The standard InChI is InChI=1S/C24H27N7O/c1-30-12-10-18(11-13-30)26-17-8-6-16(7-9-17)24(32)27-22-14-21(28-29-22)19-4-3-5-20-23(19)31(2)15-25-20/h3-9,14-15,18,26H,10-13H2,1-2H3,(H2,27,28,29,32). The summed E-state index contributed by atoms with van der Waals surface area (Å²) in [7, 11) is 4.12. The Morgan fingerprint density at radius 3 is 2.66 bits per heavy atom. The Balaban J connectivity index is 1.25. The van der Waals surface area contributed by atoms with Crippen LogP contribution in [-0.2, 0) is 7.05 Å². The number of aromatic nitrogens is 4. The zero-order valence-corrected chi connectivity index (χ0v) is 18.3. The smallest absolute Gasteiger partial charge is 0.256 e. The number of hydrogen-bond acceptors (Lipinski definition) is 5. The fourth-order valence-corrected chi connectivity index (χ4v) is 4.25. The monoisotopic (exact) mass is 429 g/mol. The summed E-state index contributed by atoms with van der Waals surface area (Å²) in [4.78, 5) is 19.5. The van der Waals surface area contributed by atoms with Crippen LogP contribution in [0.1, 0.15) is 23.2 Å². The fraction of sp³-hybridized carbons (Fsp3) is 0.292. The predicted molar refractivity (Wildman–Crippen MR) is 127 cm³/mol. The van der Waals surface area contributed by atoms with Crippen LogP contribution in [0.2, 0.25) is 0 Å². The van der Waals surface area contributed by atoms with E-state index in [1.54, 1.807) is 6.33 Å². The Kier molecular flexibility index (Phi) is 5.36. The largest absolute Gasteiger partial charge is 0.382 e. The molecule has 8 nitrogen and oxygen atoms in total. The van der Waals surface area contributed by atoms with Gasteiger partial charge in [-0.05, 0) is 63.3 Å². The van der Waals surface area contributed by atoms with Crippen molar-refractivity contribution in [1.82, 2.24) is 24.6 Å². The van der Waals surface area contributed by atoms with Crippen LogP contribution >= 0.6 is 0 Å². The molecule has 3 heterocycles. The Labute approximate surface area is 186 Å². The number of aromatic amines is 1. The first-order valence-corrected chi connectivity index (χ1v) is 10.9. The first-order valence-electron chi connectivity index (χ1n) is 10.9. The molecule has 0 spiro atoms. The number of imidazole rings is 1. The van der Waals surface area contributed by atoms with Gasteiger partial charge in [0, 0.05) is 36.0 Å². The van der Waals surface area contributed by atoms with Gasteiger partial charge in [-0.25, -0.2) is 4.98 Å². The van der Waals surface area contributed by atoms with Crippen molar-refractivity contribution >= 4 is 28.4 Å². The lowest BCUT2D eigenvalue weighted by Gasteiger charge is -2.30. The summed E-state index contributed by atoms with van der Waals surface area (Å²) < 4.78 is 1.98. The summed E-state index contributed by atoms with van der Waals surface area (Å²) in [5, 5.41) is 13.8. The van der Waals surface area contributed by atoms with Crippen molar-refractivity contribution < 1.29 is 4.79 Å². The van der Waals surface area contributed by atoms with Crippen LogP contribution in [0.15, 0.2) is 54.9 Å². The second-order valence-electron chi connectivity index (χ2n) is 8.45. The van der Waals surface area contributed by atoms with Crippen LogP contribution in [0.5, 0.6) is 0 Å². The van der Waals surface area contributed by atoms with Crippen molar-refractivity contribution in [2.24, 2.45) is 7.05 Å². The molecule has 4 aromatic rings. The van der Waals surface area contributed by atoms with Gasteiger partial charge in [0.05, 0.1) is 23.1 Å². The van der Waals surface area contributed by atoms with Gasteiger partial charge in [-0.1, -0.05) is 12.1 Å². The van der Waals surface area contributed by atoms with E-state index in [-0.39, 0.29) is 5.91 Å². The van der Waals surface area contributed by atoms with Crippen LogP contribution in [0.25, 0.3) is 22.3 Å². The molecule has 8 heteroatoms. The molecule has 3 N–H and O–H groups in total. The van der Waals surface area contributed by atoms with Crippen LogP contribution in [0, 0.1) is 0 Å². The number of rotatable bonds is 5. The number of piperidine rings is 1. The average molecular weight is 430 g/mol. The van der Waals surface area contributed by atoms with E-state index in [9.17, 15) is 4.79 Å². The minimum Gasteiger partial charge on any atom is -0.382 e. The lowest BCUT2D eigenvalue weighted by Crippen LogP contribution is -2.36. The molecule has 5 rings (SSSR count). The number of likely N-dealkylation sites (tertiary alicyclic amines) is 1. The molecule has 1 saturated heterocycles. The van der Waals surface area contributed by atoms with Gasteiger partial charge in [0.2, 0.25) is 0 Å². The number of para-hydroxylation sites is 1. The van der Waals surface area contributed by atoms with E-state index in [0.717, 1.165) is 53.9 Å². The highest BCUT2D eigenvalue weighted by Crippen LogP contribution is 2.28. The van der Waals surface area contributed by atoms with Crippen LogP contribution in [0.4, 0.5) is 11.5 Å². The molecule has 0 radical (unpaired) electrons. The van der Waals surface area contributed by atoms with Crippen molar-refractivity contribution in [1.29, 1.82) is 0 Å². The molecule has 1 aliphatic rings. The van der Waals surface area contributed by atoms with E-state index in [1.165, 1.54) is 0 Å². The van der Waals surface area contributed by atoms with Gasteiger partial charge in [-0.3, -0.25) is 9.89 Å². The molecular weight excluding hydrogens is 402 g/mol. The normalized spacial score (nSPS) is 15.2. The summed E-state index contributed by atoms with van der Waals surface area (Å²) in [5.74, 6) is 0.297. The quantitative estimate of drug-likeness (QED) is 0.450. The minimum absolute atomic E-state index is 0.187. The topological polar surface area (TPSA) is 90.9 Å². The minimum atomic E-state index is -0.187. The zero-order valence-electron chi connectivity index (χ0n) is 18.3. The number of carbonyl (C=O) groups excluding carboxylic acids is 1. The van der Waals surface area contributed by atoms with Crippen molar-refractivity contribution in [2.45, 2.75) is 18.9 Å². The highest BCUT2D eigenvalue weighted by atomic mass is 16.1. The summed E-state index contributed by atoms with van der Waals surface area (Å²) in [6.07, 6.45) is 4.05. The van der Waals surface area contributed by atoms with Crippen LogP contribution in [0.3, 0.4) is 0 Å². The molecule has 2 aromatic heterocycles. The van der Waals surface area contributed by atoms with Gasteiger partial charge in [0.15, 0.2) is 5.82 Å². The van der Waals surface area contributed by atoms with Crippen LogP contribution < -0.4 is 10.6 Å². The first-order chi connectivity index (χ1) is 15.6. The van der Waals surface area contributed by atoms with E-state index in [4.69, 9.17) is 0 Å². The number of hydrogen-bond donors (Lipinski definition) is 3. The van der Waals surface area contributed by atoms with Crippen molar-refractivity contribution in [2.75, 3.05) is 30.8 Å². The van der Waals surface area contributed by atoms with Gasteiger partial charge < -0.3 is 20.1 Å². The molecule has 0 saturated carbocycles. The van der Waals surface area contributed by atoms with E-state index in [2.05, 4.69) is 37.8 Å². The third-order valence-corrected chi connectivity index (χ3v) is 6.08. The molecule has 0 bridgehead atoms. The molecule has 0 unspecified atom stereocenters. The second kappa shape index (κ2) is 8.47. The molecule has 2 aromatic carbocycles. The summed E-state index contributed by atoms with van der Waals surface area (Å²) in [6.45, 7) is 2.22. The van der Waals surface area contributed by atoms with E-state index in [0.29, 0.717) is 17.4 Å². The Hall–Kier alpha value is -3.65. The summed E-state index contributed by atoms with van der Waals surface area (Å²) in [5.41, 5.74) is 5.38. The number of anilines is 2. The molecular formula is C24H27N7O. The summed E-state index contributed by atoms with van der Waals surface area (Å²) in [6, 6.07) is 15.9. The highest BCUT2D eigenvalue weighted by Gasteiger charge is 2.17. The highest BCUT2D eigenvalue weighted by molar-refractivity contribution is 6.04. The number of carbonyl (C=O) groups is 1. The Morgan fingerprint density at radius 2 is 1.88 bits per heavy atom. The molecule has 1 aliphatic heterocycles. The maximum atomic E-state index is 12.7. The molecule has 32 heavy (non-hydrogen) atoms. The third-order valence-electron chi connectivity index (χ3n) is 6.08. The number of benzene rings is 2. The SMILES string of the molecule is CN1CCC(Nc2ccc(C(=O)Nc3cc(-c4cccc5ncn(C)c45)[nH]n3)cc2)CC1. The average Bonchev–Trinajstić information content (AvgIpc) is 3.43. The van der Waals surface area contributed by atoms with Crippen LogP contribution in [-0.4, -0.2) is 56.7 Å². The lowest BCUT2D eigenvalue weighted by atomic mass is 10.0. The number of H-pyrrole nitrogens is 1. The van der Waals surface area contributed by atoms with Gasteiger partial charge in [-0.15, -0.1) is 0 Å². The van der Waals surface area contributed by atoms with E-state index in [1.807, 2.05) is 60.1 Å². The molecule has 1 fully saturated rings. The number of fused-ring (bicyclic) bond motifs is 1. The number of amides is 1. The maximum Gasteiger partial charge on any atom is 0.256 e. The first kappa shape index (κ1) is 20.3. The van der Waals surface area contributed by atoms with Gasteiger partial charge in [0.25, 0.3) is 5.91 Å². The summed E-state index contributed by atoms with van der Waals surface area (Å²) >= 11 is 0. The fourth-order valence-electron chi connectivity index (χ4n) is 4.25. The molecule has 164 valence electrons. The molecule has 1 amide bonds. The lowest BCUT2D eigenvalue weighted by molar-refractivity contribution is 0.102. The number of nitrogens with zero attached hydrogens (tertiary/aromatic N) is 4. The third kappa shape index (κ3) is 4.09. The maximum absolute atomic E-state index is 12.7.